The Bertz CT molecular complexity index is 544. The summed E-state index contributed by atoms with van der Waals surface area (Å²) in [7, 11) is 0. The number of carboxylic acids is 1. The van der Waals surface area contributed by atoms with Crippen LogP contribution in [0, 0.1) is 5.92 Å². The van der Waals surface area contributed by atoms with Crippen molar-refractivity contribution in [3.8, 4) is 5.75 Å². The molecule has 1 fully saturated rings. The van der Waals surface area contributed by atoms with E-state index in [1.54, 1.807) is 4.90 Å². The van der Waals surface area contributed by atoms with E-state index >= 15 is 0 Å². The first-order chi connectivity index (χ1) is 10.0. The van der Waals surface area contributed by atoms with Gasteiger partial charge in [0.2, 0.25) is 0 Å². The summed E-state index contributed by atoms with van der Waals surface area (Å²) >= 11 is 0. The van der Waals surface area contributed by atoms with Gasteiger partial charge in [-0.25, -0.2) is 9.59 Å². The zero-order valence-electron chi connectivity index (χ0n) is 12.0. The summed E-state index contributed by atoms with van der Waals surface area (Å²) < 4.78 is 0. The van der Waals surface area contributed by atoms with Crippen LogP contribution in [0.15, 0.2) is 18.2 Å². The lowest BCUT2D eigenvalue weighted by Gasteiger charge is -2.18. The molecule has 1 unspecified atom stereocenters. The van der Waals surface area contributed by atoms with Crippen molar-refractivity contribution in [2.75, 3.05) is 18.4 Å². The molecule has 1 saturated heterocycles. The van der Waals surface area contributed by atoms with Gasteiger partial charge in [-0.3, -0.25) is 0 Å². The molecule has 3 N–H and O–H groups in total. The highest BCUT2D eigenvalue weighted by molar-refractivity contribution is 5.93. The van der Waals surface area contributed by atoms with Gasteiger partial charge in [-0.05, 0) is 37.0 Å². The highest BCUT2D eigenvalue weighted by Crippen LogP contribution is 2.26. The summed E-state index contributed by atoms with van der Waals surface area (Å²) in [4.78, 5) is 24.6. The third kappa shape index (κ3) is 3.65. The van der Waals surface area contributed by atoms with Crippen LogP contribution in [0.1, 0.15) is 36.5 Å². The van der Waals surface area contributed by atoms with E-state index in [4.69, 9.17) is 5.11 Å². The molecule has 1 aromatic carbocycles. The predicted molar refractivity (Wildman–Crippen MR) is 78.7 cm³/mol. The third-order valence-electron chi connectivity index (χ3n) is 3.76. The molecule has 2 amide bonds. The van der Waals surface area contributed by atoms with Crippen LogP contribution >= 0.6 is 0 Å². The Morgan fingerprint density at radius 2 is 2.19 bits per heavy atom. The van der Waals surface area contributed by atoms with Gasteiger partial charge in [-0.15, -0.1) is 0 Å². The average molecular weight is 292 g/mol. The van der Waals surface area contributed by atoms with Crippen molar-refractivity contribution in [2.45, 2.75) is 26.2 Å². The highest BCUT2D eigenvalue weighted by atomic mass is 16.4. The molecule has 1 aliphatic heterocycles. The van der Waals surface area contributed by atoms with Gasteiger partial charge in [-0.2, -0.15) is 0 Å². The van der Waals surface area contributed by atoms with Gasteiger partial charge in [-0.1, -0.05) is 13.3 Å². The molecule has 0 radical (unpaired) electrons. The second-order valence-electron chi connectivity index (χ2n) is 5.36. The summed E-state index contributed by atoms with van der Waals surface area (Å²) in [6.07, 6.45) is 3.23. The van der Waals surface area contributed by atoms with E-state index in [1.165, 1.54) is 12.1 Å². The Hall–Kier alpha value is -2.24. The summed E-state index contributed by atoms with van der Waals surface area (Å²) in [6, 6.07) is 3.62. The molecule has 6 heteroatoms. The number of hydrogen-bond acceptors (Lipinski definition) is 3. The number of amides is 2. The number of nitrogens with zero attached hydrogens (tertiary/aromatic N) is 1. The van der Waals surface area contributed by atoms with Gasteiger partial charge in [0.1, 0.15) is 5.75 Å². The van der Waals surface area contributed by atoms with Crippen LogP contribution in [0.25, 0.3) is 0 Å². The Kier molecular flexibility index (Phi) is 4.67. The molecule has 1 heterocycles. The summed E-state index contributed by atoms with van der Waals surface area (Å²) in [5.41, 5.74) is 0.207. The van der Waals surface area contributed by atoms with Gasteiger partial charge < -0.3 is 20.4 Å². The first-order valence-corrected chi connectivity index (χ1v) is 7.13. The number of hydrogen-bond donors (Lipinski definition) is 3. The smallest absolute Gasteiger partial charge is 0.335 e. The summed E-state index contributed by atoms with van der Waals surface area (Å²) in [6.45, 7) is 3.57. The minimum Gasteiger partial charge on any atom is -0.506 e. The van der Waals surface area contributed by atoms with E-state index in [0.29, 0.717) is 12.5 Å². The largest absolute Gasteiger partial charge is 0.506 e. The highest BCUT2D eigenvalue weighted by Gasteiger charge is 2.26. The minimum absolute atomic E-state index is 0.0188. The number of aromatic hydroxyl groups is 1. The SMILES string of the molecule is CCCC1CCN(C(=O)Nc2ccc(C(=O)O)cc2O)C1. The molecule has 1 aromatic rings. The van der Waals surface area contributed by atoms with Crippen LogP contribution in [-0.2, 0) is 0 Å². The molecule has 0 aromatic heterocycles. The fraction of sp³-hybridized carbons (Fsp3) is 0.467. The number of nitrogens with one attached hydrogen (secondary N) is 1. The molecule has 1 atom stereocenters. The van der Waals surface area contributed by atoms with Crippen molar-refractivity contribution in [1.82, 2.24) is 4.90 Å². The van der Waals surface area contributed by atoms with Crippen LogP contribution in [0.4, 0.5) is 10.5 Å². The lowest BCUT2D eigenvalue weighted by Crippen LogP contribution is -2.33. The van der Waals surface area contributed by atoms with Crippen molar-refractivity contribution in [3.63, 3.8) is 0 Å². The van der Waals surface area contributed by atoms with Crippen molar-refractivity contribution in [2.24, 2.45) is 5.92 Å². The van der Waals surface area contributed by atoms with Crippen LogP contribution in [0.3, 0.4) is 0 Å². The third-order valence-corrected chi connectivity index (χ3v) is 3.76. The number of aromatic carboxylic acids is 1. The monoisotopic (exact) mass is 292 g/mol. The minimum atomic E-state index is -1.12. The van der Waals surface area contributed by atoms with Crippen molar-refractivity contribution < 1.29 is 19.8 Å². The number of anilines is 1. The van der Waals surface area contributed by atoms with Gasteiger partial charge in [0.25, 0.3) is 0 Å². The predicted octanol–water partition coefficient (Wildman–Crippen LogP) is 2.74. The zero-order chi connectivity index (χ0) is 15.4. The normalized spacial score (nSPS) is 17.8. The molecule has 114 valence electrons. The molecule has 2 rings (SSSR count). The van der Waals surface area contributed by atoms with E-state index < -0.39 is 5.97 Å². The Morgan fingerprint density at radius 1 is 1.43 bits per heavy atom. The molecular formula is C15H20N2O4. The van der Waals surface area contributed by atoms with E-state index in [2.05, 4.69) is 12.2 Å². The zero-order valence-corrected chi connectivity index (χ0v) is 12.0. The number of carboxylic acid groups (broad SMARTS) is 1. The van der Waals surface area contributed by atoms with Gasteiger partial charge in [0, 0.05) is 13.1 Å². The number of phenols is 1. The van der Waals surface area contributed by atoms with Crippen molar-refractivity contribution in [1.29, 1.82) is 0 Å². The lowest BCUT2D eigenvalue weighted by molar-refractivity contribution is 0.0696. The first-order valence-electron chi connectivity index (χ1n) is 7.13. The standard InChI is InChI=1S/C15H20N2O4/c1-2-3-10-6-7-17(9-10)15(21)16-12-5-4-11(14(19)20)8-13(12)18/h4-5,8,10,18H,2-3,6-7,9H2,1H3,(H,16,21)(H,19,20). The number of benzene rings is 1. The van der Waals surface area contributed by atoms with Crippen molar-refractivity contribution in [3.05, 3.63) is 23.8 Å². The van der Waals surface area contributed by atoms with Gasteiger partial charge >= 0.3 is 12.0 Å². The lowest BCUT2D eigenvalue weighted by atomic mass is 10.0. The van der Waals surface area contributed by atoms with Gasteiger partial charge in [0.15, 0.2) is 0 Å². The molecule has 6 nitrogen and oxygen atoms in total. The molecule has 0 bridgehead atoms. The Balaban J connectivity index is 1.99. The topological polar surface area (TPSA) is 89.9 Å². The first kappa shape index (κ1) is 15.2. The molecule has 0 saturated carbocycles. The molecule has 21 heavy (non-hydrogen) atoms. The maximum absolute atomic E-state index is 12.1. The maximum Gasteiger partial charge on any atom is 0.335 e. The van der Waals surface area contributed by atoms with E-state index in [9.17, 15) is 14.7 Å². The quantitative estimate of drug-likeness (QED) is 0.744. The Morgan fingerprint density at radius 3 is 2.81 bits per heavy atom. The average Bonchev–Trinajstić information content (AvgIpc) is 2.90. The number of phenolic OH excluding ortho intramolecular Hbond substituents is 1. The van der Waals surface area contributed by atoms with E-state index in [0.717, 1.165) is 31.9 Å². The van der Waals surface area contributed by atoms with Crippen LogP contribution in [-0.4, -0.2) is 40.2 Å². The fourth-order valence-electron chi connectivity index (χ4n) is 2.63. The molecular weight excluding hydrogens is 272 g/mol. The number of urea groups is 1. The van der Waals surface area contributed by atoms with E-state index in [1.807, 2.05) is 0 Å². The molecule has 0 spiro atoms. The van der Waals surface area contributed by atoms with Crippen LogP contribution in [0.2, 0.25) is 0 Å². The number of rotatable bonds is 4. The van der Waals surface area contributed by atoms with Crippen LogP contribution in [0.5, 0.6) is 5.75 Å². The fourth-order valence-corrected chi connectivity index (χ4v) is 2.63. The van der Waals surface area contributed by atoms with Crippen molar-refractivity contribution >= 4 is 17.7 Å². The second-order valence-corrected chi connectivity index (χ2v) is 5.36. The van der Waals surface area contributed by atoms with E-state index in [-0.39, 0.29) is 23.0 Å². The molecule has 0 aliphatic carbocycles. The number of carbonyl (C=O) groups excluding carboxylic acids is 1. The molecule has 1 aliphatic rings. The summed E-state index contributed by atoms with van der Waals surface area (Å²) in [5, 5.41) is 21.2. The Labute approximate surface area is 123 Å². The maximum atomic E-state index is 12.1. The second kappa shape index (κ2) is 6.47. The van der Waals surface area contributed by atoms with Gasteiger partial charge in [0.05, 0.1) is 11.3 Å². The number of carbonyl (C=O) groups is 2. The van der Waals surface area contributed by atoms with Crippen LogP contribution < -0.4 is 5.32 Å². The summed E-state index contributed by atoms with van der Waals surface area (Å²) in [5.74, 6) is -0.818. The number of likely N-dealkylation sites (tertiary alicyclic amines) is 1.